The number of carboxylic acid groups (broad SMARTS) is 1. The van der Waals surface area contributed by atoms with E-state index in [0.717, 1.165) is 0 Å². The minimum atomic E-state index is -1.07. The quantitative estimate of drug-likeness (QED) is 0.552. The summed E-state index contributed by atoms with van der Waals surface area (Å²) in [5.74, 6) is -1.23. The fourth-order valence-corrected chi connectivity index (χ4v) is 0.804. The van der Waals surface area contributed by atoms with E-state index in [9.17, 15) is 9.59 Å². The second-order valence-electron chi connectivity index (χ2n) is 3.21. The maximum Gasteiger partial charge on any atom is 0.320 e. The Labute approximate surface area is 77.3 Å². The number of nitrogens with one attached hydrogen (secondary N) is 1. The zero-order valence-corrected chi connectivity index (χ0v) is 7.91. The summed E-state index contributed by atoms with van der Waals surface area (Å²) in [4.78, 5) is 21.3. The Morgan fingerprint density at radius 2 is 2.00 bits per heavy atom. The highest BCUT2D eigenvalue weighted by atomic mass is 16.4. The molecule has 13 heavy (non-hydrogen) atoms. The van der Waals surface area contributed by atoms with E-state index in [1.165, 1.54) is 0 Å². The van der Waals surface area contributed by atoms with Gasteiger partial charge in [0.1, 0.15) is 6.04 Å². The highest BCUT2D eigenvalue weighted by Crippen LogP contribution is 1.95. The van der Waals surface area contributed by atoms with Gasteiger partial charge in [-0.25, -0.2) is 0 Å². The topological polar surface area (TPSA) is 92.4 Å². The van der Waals surface area contributed by atoms with Crippen LogP contribution in [0, 0.1) is 0 Å². The van der Waals surface area contributed by atoms with Crippen LogP contribution in [-0.4, -0.2) is 29.1 Å². The molecule has 0 saturated carbocycles. The lowest BCUT2D eigenvalue weighted by atomic mass is 10.1. The van der Waals surface area contributed by atoms with E-state index in [1.54, 1.807) is 0 Å². The number of nitrogens with two attached hydrogens (primary N) is 1. The third-order valence-electron chi connectivity index (χ3n) is 1.45. The first kappa shape index (κ1) is 11.9. The van der Waals surface area contributed by atoms with Crippen LogP contribution in [-0.2, 0) is 9.59 Å². The third kappa shape index (κ3) is 6.10. The van der Waals surface area contributed by atoms with Crippen molar-refractivity contribution in [1.82, 2.24) is 5.32 Å². The second-order valence-corrected chi connectivity index (χ2v) is 3.21. The fraction of sp³-hybridized carbons (Fsp3) is 0.750. The summed E-state index contributed by atoms with van der Waals surface area (Å²) in [7, 11) is 0. The number of rotatable bonds is 5. The van der Waals surface area contributed by atoms with Crippen LogP contribution in [0.3, 0.4) is 0 Å². The Balaban J connectivity index is 3.64. The molecule has 0 bridgehead atoms. The van der Waals surface area contributed by atoms with Crippen molar-refractivity contribution in [2.24, 2.45) is 5.73 Å². The van der Waals surface area contributed by atoms with Gasteiger partial charge in [0.25, 0.3) is 0 Å². The second kappa shape index (κ2) is 5.53. The van der Waals surface area contributed by atoms with Gasteiger partial charge in [-0.2, -0.15) is 0 Å². The van der Waals surface area contributed by atoms with Crippen molar-refractivity contribution in [1.29, 1.82) is 0 Å². The summed E-state index contributed by atoms with van der Waals surface area (Å²) in [5.41, 5.74) is 5.22. The first-order chi connectivity index (χ1) is 5.93. The summed E-state index contributed by atoms with van der Waals surface area (Å²) in [6.45, 7) is 3.68. The minimum Gasteiger partial charge on any atom is -0.480 e. The van der Waals surface area contributed by atoms with Crippen molar-refractivity contribution in [3.05, 3.63) is 0 Å². The molecule has 5 nitrogen and oxygen atoms in total. The number of carbonyl (C=O) groups is 2. The van der Waals surface area contributed by atoms with E-state index in [-0.39, 0.29) is 24.8 Å². The zero-order valence-electron chi connectivity index (χ0n) is 7.91. The van der Waals surface area contributed by atoms with Crippen LogP contribution in [0.4, 0.5) is 0 Å². The van der Waals surface area contributed by atoms with Crippen LogP contribution in [0.2, 0.25) is 0 Å². The van der Waals surface area contributed by atoms with Crippen LogP contribution >= 0.6 is 0 Å². The summed E-state index contributed by atoms with van der Waals surface area (Å²) < 4.78 is 0. The summed E-state index contributed by atoms with van der Waals surface area (Å²) in [6.07, 6.45) is 0.333. The predicted octanol–water partition coefficient (Wildman–Crippen LogP) is -0.297. The fourth-order valence-electron chi connectivity index (χ4n) is 0.804. The molecule has 1 atom stereocenters. The van der Waals surface area contributed by atoms with Crippen molar-refractivity contribution >= 4 is 11.9 Å². The Morgan fingerprint density at radius 3 is 2.38 bits per heavy atom. The van der Waals surface area contributed by atoms with E-state index in [4.69, 9.17) is 10.8 Å². The number of carbonyl (C=O) groups excluding carboxylic acids is 1. The number of aliphatic carboxylic acids is 1. The zero-order chi connectivity index (χ0) is 10.4. The van der Waals surface area contributed by atoms with Gasteiger partial charge in [0, 0.05) is 12.5 Å². The van der Waals surface area contributed by atoms with Crippen LogP contribution < -0.4 is 11.1 Å². The monoisotopic (exact) mass is 188 g/mol. The first-order valence-corrected chi connectivity index (χ1v) is 4.21. The minimum absolute atomic E-state index is 0.0774. The third-order valence-corrected chi connectivity index (χ3v) is 1.45. The molecular formula is C8H16N2O3. The molecule has 0 unspecified atom stereocenters. The molecule has 0 spiro atoms. The lowest BCUT2D eigenvalue weighted by Gasteiger charge is -2.09. The normalized spacial score (nSPS) is 12.6. The van der Waals surface area contributed by atoms with Crippen molar-refractivity contribution in [3.63, 3.8) is 0 Å². The molecule has 0 aliphatic rings. The summed E-state index contributed by atoms with van der Waals surface area (Å²) in [5, 5.41) is 11.1. The molecule has 4 N–H and O–H groups in total. The molecule has 0 aliphatic heterocycles. The highest BCUT2D eigenvalue weighted by molar-refractivity contribution is 5.78. The van der Waals surface area contributed by atoms with E-state index >= 15 is 0 Å². The Bertz CT molecular complexity index is 192. The number of hydrogen-bond donors (Lipinski definition) is 3. The first-order valence-electron chi connectivity index (χ1n) is 4.21. The molecule has 0 rings (SSSR count). The van der Waals surface area contributed by atoms with Crippen LogP contribution in [0.25, 0.3) is 0 Å². The number of amides is 1. The molecule has 5 heteroatoms. The van der Waals surface area contributed by atoms with Gasteiger partial charge in [-0.15, -0.1) is 0 Å². The molecule has 0 aromatic carbocycles. The van der Waals surface area contributed by atoms with Gasteiger partial charge in [0.2, 0.25) is 5.91 Å². The van der Waals surface area contributed by atoms with Crippen LogP contribution in [0.15, 0.2) is 0 Å². The van der Waals surface area contributed by atoms with Gasteiger partial charge >= 0.3 is 5.97 Å². The van der Waals surface area contributed by atoms with Crippen LogP contribution in [0.5, 0.6) is 0 Å². The number of carboxylic acids is 1. The lowest BCUT2D eigenvalue weighted by Crippen LogP contribution is -2.34. The standard InChI is InChI=1S/C8H16N2O3/c1-5(2)10-7(11)4-3-6(9)8(12)13/h5-6H,3-4,9H2,1-2H3,(H,10,11)(H,12,13)/t6-/m0/s1. The SMILES string of the molecule is CC(C)NC(=O)CC[C@H](N)C(=O)O. The average Bonchev–Trinajstić information content (AvgIpc) is 1.98. The smallest absolute Gasteiger partial charge is 0.320 e. The van der Waals surface area contributed by atoms with Gasteiger partial charge in [-0.1, -0.05) is 0 Å². The van der Waals surface area contributed by atoms with Crippen molar-refractivity contribution in [3.8, 4) is 0 Å². The Morgan fingerprint density at radius 1 is 1.46 bits per heavy atom. The molecule has 76 valence electrons. The largest absolute Gasteiger partial charge is 0.480 e. The molecule has 0 radical (unpaired) electrons. The maximum absolute atomic E-state index is 11.0. The molecule has 0 aliphatic carbocycles. The van der Waals surface area contributed by atoms with Crippen molar-refractivity contribution in [2.45, 2.75) is 38.8 Å². The Hall–Kier alpha value is -1.10. The average molecular weight is 188 g/mol. The number of hydrogen-bond acceptors (Lipinski definition) is 3. The molecular weight excluding hydrogens is 172 g/mol. The highest BCUT2D eigenvalue weighted by Gasteiger charge is 2.13. The van der Waals surface area contributed by atoms with Gasteiger partial charge in [-0.05, 0) is 20.3 Å². The van der Waals surface area contributed by atoms with E-state index in [1.807, 2.05) is 13.8 Å². The lowest BCUT2D eigenvalue weighted by molar-refractivity contribution is -0.138. The van der Waals surface area contributed by atoms with Crippen molar-refractivity contribution < 1.29 is 14.7 Å². The van der Waals surface area contributed by atoms with Crippen molar-refractivity contribution in [2.75, 3.05) is 0 Å². The van der Waals surface area contributed by atoms with E-state index in [2.05, 4.69) is 5.32 Å². The summed E-state index contributed by atoms with van der Waals surface area (Å²) in [6, 6.07) is -0.869. The van der Waals surface area contributed by atoms with Gasteiger partial charge in [-0.3, -0.25) is 9.59 Å². The molecule has 0 aromatic heterocycles. The molecule has 1 amide bonds. The maximum atomic E-state index is 11.0. The predicted molar refractivity (Wildman–Crippen MR) is 48.1 cm³/mol. The van der Waals surface area contributed by atoms with E-state index in [0.29, 0.717) is 0 Å². The molecule has 0 fully saturated rings. The van der Waals surface area contributed by atoms with Crippen LogP contribution in [0.1, 0.15) is 26.7 Å². The summed E-state index contributed by atoms with van der Waals surface area (Å²) >= 11 is 0. The van der Waals surface area contributed by atoms with E-state index < -0.39 is 12.0 Å². The van der Waals surface area contributed by atoms with Gasteiger partial charge in [0.05, 0.1) is 0 Å². The molecule has 0 saturated heterocycles. The van der Waals surface area contributed by atoms with Gasteiger partial charge in [0.15, 0.2) is 0 Å². The molecule has 0 aromatic rings. The Kier molecular flexibility index (Phi) is 5.06. The molecule has 0 heterocycles. The van der Waals surface area contributed by atoms with Gasteiger partial charge < -0.3 is 16.2 Å².